The zero-order valence-electron chi connectivity index (χ0n) is 14.2. The summed E-state index contributed by atoms with van der Waals surface area (Å²) in [7, 11) is -3.83. The molecular formula is C16H24N2O6S. The Labute approximate surface area is 147 Å². The molecule has 0 saturated carbocycles. The molecule has 140 valence electrons. The second-order valence-electron chi connectivity index (χ2n) is 5.54. The van der Waals surface area contributed by atoms with Crippen molar-refractivity contribution < 1.29 is 27.8 Å². The number of anilines is 1. The molecule has 0 aliphatic carbocycles. The Hall–Kier alpha value is -1.68. The zero-order valence-corrected chi connectivity index (χ0v) is 15.0. The maximum Gasteiger partial charge on any atom is 0.335 e. The summed E-state index contributed by atoms with van der Waals surface area (Å²) < 4.78 is 38.4. The van der Waals surface area contributed by atoms with Gasteiger partial charge in [0.15, 0.2) is 0 Å². The van der Waals surface area contributed by atoms with Crippen LogP contribution in [0.25, 0.3) is 0 Å². The van der Waals surface area contributed by atoms with Gasteiger partial charge in [0.2, 0.25) is 10.0 Å². The summed E-state index contributed by atoms with van der Waals surface area (Å²) >= 11 is 0. The van der Waals surface area contributed by atoms with Crippen LogP contribution < -0.4 is 9.62 Å². The third-order valence-electron chi connectivity index (χ3n) is 3.81. The molecule has 0 amide bonds. The van der Waals surface area contributed by atoms with Gasteiger partial charge in [-0.2, -0.15) is 0 Å². The first-order valence-corrected chi connectivity index (χ1v) is 9.71. The van der Waals surface area contributed by atoms with Crippen LogP contribution in [0, 0.1) is 0 Å². The molecule has 0 aromatic heterocycles. The lowest BCUT2D eigenvalue weighted by molar-refractivity contribution is 0.0696. The van der Waals surface area contributed by atoms with Gasteiger partial charge in [0, 0.05) is 32.8 Å². The third-order valence-corrected chi connectivity index (χ3v) is 5.30. The summed E-state index contributed by atoms with van der Waals surface area (Å²) in [6.07, 6.45) is 0.540. The van der Waals surface area contributed by atoms with Crippen molar-refractivity contribution in [2.75, 3.05) is 51.0 Å². The van der Waals surface area contributed by atoms with Crippen molar-refractivity contribution in [3.8, 4) is 0 Å². The van der Waals surface area contributed by atoms with Crippen molar-refractivity contribution in [1.29, 1.82) is 0 Å². The van der Waals surface area contributed by atoms with E-state index in [9.17, 15) is 18.3 Å². The average molecular weight is 372 g/mol. The molecule has 1 aromatic rings. The zero-order chi connectivity index (χ0) is 18.3. The van der Waals surface area contributed by atoms with Crippen molar-refractivity contribution in [2.45, 2.75) is 18.2 Å². The summed E-state index contributed by atoms with van der Waals surface area (Å²) in [5.41, 5.74) is 0.428. The number of hydrogen-bond donors (Lipinski definition) is 2. The van der Waals surface area contributed by atoms with E-state index in [1.807, 2.05) is 11.8 Å². The fraction of sp³-hybridized carbons (Fsp3) is 0.562. The molecule has 8 nitrogen and oxygen atoms in total. The number of carboxylic acid groups (broad SMARTS) is 1. The number of hydrogen-bond acceptors (Lipinski definition) is 6. The lowest BCUT2D eigenvalue weighted by Crippen LogP contribution is -2.38. The highest BCUT2D eigenvalue weighted by Crippen LogP contribution is 2.27. The van der Waals surface area contributed by atoms with Crippen LogP contribution >= 0.6 is 0 Å². The van der Waals surface area contributed by atoms with Crippen LogP contribution in [0.15, 0.2) is 23.1 Å². The third kappa shape index (κ3) is 5.40. The van der Waals surface area contributed by atoms with Gasteiger partial charge < -0.3 is 19.5 Å². The number of nitrogens with zero attached hydrogens (tertiary/aromatic N) is 1. The Bertz CT molecular complexity index is 686. The van der Waals surface area contributed by atoms with E-state index in [1.54, 1.807) is 6.07 Å². The van der Waals surface area contributed by atoms with Crippen LogP contribution in [-0.2, 0) is 19.5 Å². The van der Waals surface area contributed by atoms with Gasteiger partial charge in [0.05, 0.1) is 24.5 Å². The van der Waals surface area contributed by atoms with Crippen LogP contribution in [0.1, 0.15) is 23.7 Å². The number of sulfonamides is 1. The van der Waals surface area contributed by atoms with Gasteiger partial charge in [0.25, 0.3) is 0 Å². The highest BCUT2D eigenvalue weighted by atomic mass is 32.2. The van der Waals surface area contributed by atoms with Crippen molar-refractivity contribution in [2.24, 2.45) is 0 Å². The fourth-order valence-corrected chi connectivity index (χ4v) is 3.85. The van der Waals surface area contributed by atoms with E-state index in [-0.39, 0.29) is 17.0 Å². The Balaban J connectivity index is 2.24. The van der Waals surface area contributed by atoms with Crippen LogP contribution in [0.2, 0.25) is 0 Å². The molecule has 0 radical (unpaired) electrons. The van der Waals surface area contributed by atoms with Gasteiger partial charge in [-0.1, -0.05) is 0 Å². The summed E-state index contributed by atoms with van der Waals surface area (Å²) in [4.78, 5) is 13.1. The fourth-order valence-electron chi connectivity index (χ4n) is 2.53. The lowest BCUT2D eigenvalue weighted by Gasteiger charge is -2.30. The Morgan fingerprint density at radius 3 is 2.72 bits per heavy atom. The van der Waals surface area contributed by atoms with E-state index >= 15 is 0 Å². The van der Waals surface area contributed by atoms with Crippen LogP contribution in [0.4, 0.5) is 5.69 Å². The maximum atomic E-state index is 12.7. The first-order valence-electron chi connectivity index (χ1n) is 8.23. The van der Waals surface area contributed by atoms with Crippen molar-refractivity contribution in [3.05, 3.63) is 23.8 Å². The van der Waals surface area contributed by atoms with Gasteiger partial charge in [-0.3, -0.25) is 0 Å². The molecule has 2 rings (SSSR count). The van der Waals surface area contributed by atoms with Crippen LogP contribution in [0.3, 0.4) is 0 Å². The number of benzene rings is 1. The van der Waals surface area contributed by atoms with E-state index in [4.69, 9.17) is 9.47 Å². The van der Waals surface area contributed by atoms with Crippen molar-refractivity contribution in [1.82, 2.24) is 4.72 Å². The van der Waals surface area contributed by atoms with Gasteiger partial charge in [-0.25, -0.2) is 17.9 Å². The molecule has 0 atom stereocenters. The molecule has 25 heavy (non-hydrogen) atoms. The summed E-state index contributed by atoms with van der Waals surface area (Å²) in [5.74, 6) is -1.17. The van der Waals surface area contributed by atoms with E-state index in [0.717, 1.165) is 0 Å². The molecule has 1 aromatic carbocycles. The molecule has 0 bridgehead atoms. The Kier molecular flexibility index (Phi) is 7.18. The maximum absolute atomic E-state index is 12.7. The second kappa shape index (κ2) is 9.14. The van der Waals surface area contributed by atoms with E-state index in [1.165, 1.54) is 12.1 Å². The average Bonchev–Trinajstić information content (AvgIpc) is 2.61. The van der Waals surface area contributed by atoms with Gasteiger partial charge in [0.1, 0.15) is 4.90 Å². The number of ether oxygens (including phenoxy) is 2. The monoisotopic (exact) mass is 372 g/mol. The SMILES string of the molecule is CCOCCCNS(=O)(=O)c1cc(C(=O)O)ccc1N1CCOCC1. The van der Waals surface area contributed by atoms with Gasteiger partial charge in [-0.15, -0.1) is 0 Å². The first kappa shape index (κ1) is 19.6. The smallest absolute Gasteiger partial charge is 0.335 e. The second-order valence-corrected chi connectivity index (χ2v) is 7.27. The Morgan fingerprint density at radius 2 is 2.08 bits per heavy atom. The van der Waals surface area contributed by atoms with E-state index in [2.05, 4.69) is 4.72 Å². The molecule has 1 aliphatic heterocycles. The molecular weight excluding hydrogens is 348 g/mol. The first-order chi connectivity index (χ1) is 12.0. The predicted octanol–water partition coefficient (Wildman–Crippen LogP) is 0.926. The highest BCUT2D eigenvalue weighted by molar-refractivity contribution is 7.89. The van der Waals surface area contributed by atoms with Crippen LogP contribution in [-0.4, -0.2) is 65.6 Å². The van der Waals surface area contributed by atoms with Gasteiger partial charge >= 0.3 is 5.97 Å². The molecule has 1 aliphatic rings. The van der Waals surface area contributed by atoms with Crippen molar-refractivity contribution in [3.63, 3.8) is 0 Å². The number of nitrogens with one attached hydrogen (secondary N) is 1. The molecule has 9 heteroatoms. The number of morpholine rings is 1. The van der Waals surface area contributed by atoms with E-state index < -0.39 is 16.0 Å². The normalized spacial score (nSPS) is 15.3. The van der Waals surface area contributed by atoms with Gasteiger partial charge in [-0.05, 0) is 31.5 Å². The number of carbonyl (C=O) groups is 1. The summed E-state index contributed by atoms with van der Waals surface area (Å²) in [6.45, 7) is 5.25. The summed E-state index contributed by atoms with van der Waals surface area (Å²) in [6, 6.07) is 4.17. The molecule has 0 spiro atoms. The minimum Gasteiger partial charge on any atom is -0.478 e. The lowest BCUT2D eigenvalue weighted by atomic mass is 10.2. The molecule has 2 N–H and O–H groups in total. The molecule has 1 saturated heterocycles. The molecule has 1 fully saturated rings. The standard InChI is InChI=1S/C16H24N2O6S/c1-2-23-9-3-6-17-25(21,22)15-12-13(16(19)20)4-5-14(15)18-7-10-24-11-8-18/h4-5,12,17H,2-3,6-11H2,1H3,(H,19,20). The largest absolute Gasteiger partial charge is 0.478 e. The minimum absolute atomic E-state index is 0.0225. The minimum atomic E-state index is -3.83. The topological polar surface area (TPSA) is 105 Å². The molecule has 0 unspecified atom stereocenters. The molecule has 1 heterocycles. The number of aromatic carboxylic acids is 1. The predicted molar refractivity (Wildman–Crippen MR) is 92.7 cm³/mol. The number of rotatable bonds is 9. The quantitative estimate of drug-likeness (QED) is 0.621. The summed E-state index contributed by atoms with van der Waals surface area (Å²) in [5, 5.41) is 9.18. The highest BCUT2D eigenvalue weighted by Gasteiger charge is 2.24. The van der Waals surface area contributed by atoms with Crippen molar-refractivity contribution >= 4 is 21.7 Å². The number of carboxylic acids is 1. The van der Waals surface area contributed by atoms with E-state index in [0.29, 0.717) is 51.6 Å². The van der Waals surface area contributed by atoms with Crippen LogP contribution in [0.5, 0.6) is 0 Å². The Morgan fingerprint density at radius 1 is 1.36 bits per heavy atom.